The zero-order valence-corrected chi connectivity index (χ0v) is 71.7. The number of ether oxygens (including phenoxy) is 9. The molecular weight excluding hydrogens is 1770 g/mol. The summed E-state index contributed by atoms with van der Waals surface area (Å²) >= 11 is 8.11. The maximum atomic E-state index is 13.8. The molecule has 9 aromatic heterocycles. The summed E-state index contributed by atoms with van der Waals surface area (Å²) in [5, 5.41) is 4.77. The zero-order valence-electron chi connectivity index (χ0n) is 66.0. The summed E-state index contributed by atoms with van der Waals surface area (Å²) in [6, 6.07) is 32.0. The second-order valence-corrected chi connectivity index (χ2v) is 37.8. The van der Waals surface area contributed by atoms with E-state index >= 15 is 0 Å². The summed E-state index contributed by atoms with van der Waals surface area (Å²) in [4.78, 5) is 38.9. The fraction of sp³-hybridized carbons (Fsp3) is 0.277. The molecule has 0 saturated carbocycles. The Labute approximate surface area is 720 Å². The molecule has 0 bridgehead atoms. The number of morpholine rings is 3. The van der Waals surface area contributed by atoms with Crippen molar-refractivity contribution in [3.63, 3.8) is 0 Å². The fourth-order valence-electron chi connectivity index (χ4n) is 14.3. The van der Waals surface area contributed by atoms with Crippen molar-refractivity contribution in [3.05, 3.63) is 193 Å². The second kappa shape index (κ2) is 32.3. The first-order chi connectivity index (χ1) is 58.8. The molecule has 40 heteroatoms. The van der Waals surface area contributed by atoms with Gasteiger partial charge < -0.3 is 71.6 Å². The SMILES string of the molecule is CC1(C)OB(c2cnc(N3CCOCC3)s2)OC1(C)C.Cc1ccc(S(=O)(=O)n2cc(-c3ccc4c(c3)OC(F)(F)O4)c3cc(-c4cnc(N5CCOCC5)s4)cnc32)cc1.Cc1ccc(S(=O)(=O)n2cc(-c3ccc4c(c3)OC(F)(F)O4)c3cc(Br)cnc32)cc1.FC1(F)Oc2ccc(-c3c[nH]c4ncc(-c5cnc(N6CCOCC6)s5)cc34)cc2O1. The van der Waals surface area contributed by atoms with Crippen LogP contribution in [0, 0.1) is 13.8 Å². The van der Waals surface area contributed by atoms with Gasteiger partial charge in [-0.1, -0.05) is 76.3 Å². The number of aromatic amines is 1. The third kappa shape index (κ3) is 16.9. The Morgan fingerprint density at radius 1 is 0.415 bits per heavy atom. The van der Waals surface area contributed by atoms with Crippen LogP contribution in [-0.4, -0.2) is 176 Å². The highest BCUT2D eigenvalue weighted by atomic mass is 79.9. The number of aromatic nitrogens is 9. The van der Waals surface area contributed by atoms with Gasteiger partial charge in [0.1, 0.15) is 5.65 Å². The van der Waals surface area contributed by atoms with Crippen LogP contribution in [-0.2, 0) is 43.6 Å². The Hall–Kier alpha value is -10.9. The molecule has 4 fully saturated rings. The molecule has 636 valence electrons. The smallest absolute Gasteiger partial charge is 0.399 e. The number of aryl methyl sites for hydroxylation is 2. The van der Waals surface area contributed by atoms with Gasteiger partial charge in [0.2, 0.25) is 0 Å². The average molecular weight is 1840 g/mol. The van der Waals surface area contributed by atoms with Gasteiger partial charge in [0, 0.05) is 143 Å². The van der Waals surface area contributed by atoms with Gasteiger partial charge >= 0.3 is 26.0 Å². The lowest BCUT2D eigenvalue weighted by Gasteiger charge is -2.32. The summed E-state index contributed by atoms with van der Waals surface area (Å²) in [7, 11) is -8.30. The Kier molecular flexibility index (Phi) is 21.8. The zero-order chi connectivity index (χ0) is 85.7. The molecule has 7 aliphatic heterocycles. The van der Waals surface area contributed by atoms with E-state index < -0.39 is 38.9 Å². The quantitative estimate of drug-likeness (QED) is 0.0829. The molecule has 0 radical (unpaired) electrons. The minimum atomic E-state index is -4.04. The van der Waals surface area contributed by atoms with Crippen LogP contribution in [0.1, 0.15) is 38.8 Å². The van der Waals surface area contributed by atoms with Crippen LogP contribution >= 0.6 is 49.9 Å². The molecule has 0 spiro atoms. The Balaban J connectivity index is 0.000000115. The van der Waals surface area contributed by atoms with Gasteiger partial charge in [-0.2, -0.15) is 0 Å². The lowest BCUT2D eigenvalue weighted by Crippen LogP contribution is -2.41. The van der Waals surface area contributed by atoms with Crippen LogP contribution in [0.5, 0.6) is 34.5 Å². The molecule has 1 N–H and O–H groups in total. The Morgan fingerprint density at radius 3 is 1.23 bits per heavy atom. The first kappa shape index (κ1) is 83.0. The molecule has 5 aromatic carbocycles. The molecule has 0 atom stereocenters. The van der Waals surface area contributed by atoms with E-state index in [1.807, 2.05) is 44.6 Å². The monoisotopic (exact) mass is 1840 g/mol. The number of hydrogen-bond acceptors (Lipinski definition) is 27. The Morgan fingerprint density at radius 2 is 0.789 bits per heavy atom. The van der Waals surface area contributed by atoms with Gasteiger partial charge in [0.05, 0.1) is 75.2 Å². The first-order valence-corrected chi connectivity index (χ1v) is 44.6. The molecule has 14 aromatic rings. The molecule has 7 aliphatic rings. The van der Waals surface area contributed by atoms with Crippen molar-refractivity contribution in [2.45, 2.75) is 81.4 Å². The number of fused-ring (bicyclic) bond motifs is 6. The number of halogens is 7. The molecule has 27 nitrogen and oxygen atoms in total. The van der Waals surface area contributed by atoms with E-state index in [0.717, 1.165) is 129 Å². The normalized spacial score (nSPS) is 17.7. The maximum absolute atomic E-state index is 13.8. The highest BCUT2D eigenvalue weighted by Gasteiger charge is 2.53. The molecule has 0 unspecified atom stereocenters. The minimum Gasteiger partial charge on any atom is -0.399 e. The van der Waals surface area contributed by atoms with Crippen molar-refractivity contribution in [2.75, 3.05) is 93.6 Å². The van der Waals surface area contributed by atoms with Crippen molar-refractivity contribution >= 4 is 130 Å². The highest BCUT2D eigenvalue weighted by Crippen LogP contribution is 2.49. The number of nitrogens with zero attached hydrogens (tertiary/aromatic N) is 11. The van der Waals surface area contributed by atoms with Gasteiger partial charge in [0.15, 0.2) is 61.2 Å². The molecule has 16 heterocycles. The number of nitrogens with one attached hydrogen (secondary N) is 1. The van der Waals surface area contributed by atoms with Crippen molar-refractivity contribution in [3.8, 4) is 88.8 Å². The lowest BCUT2D eigenvalue weighted by atomic mass is 9.89. The predicted molar refractivity (Wildman–Crippen MR) is 455 cm³/mol. The third-order valence-corrected chi connectivity index (χ3v) is 28.5. The summed E-state index contributed by atoms with van der Waals surface area (Å²) in [5.74, 6) is -0.437. The molecule has 0 aliphatic carbocycles. The van der Waals surface area contributed by atoms with Gasteiger partial charge in [-0.3, -0.25) is 0 Å². The molecule has 21 rings (SSSR count). The topological polar surface area (TPSA) is 283 Å². The summed E-state index contributed by atoms with van der Waals surface area (Å²) < 4.78 is 195. The van der Waals surface area contributed by atoms with Crippen molar-refractivity contribution in [1.82, 2.24) is 42.8 Å². The van der Waals surface area contributed by atoms with Crippen LogP contribution in [0.2, 0.25) is 0 Å². The number of alkyl halides is 6. The minimum absolute atomic E-state index is 0.0126. The number of thiazole rings is 3. The van der Waals surface area contributed by atoms with Crippen LogP contribution in [0.3, 0.4) is 0 Å². The van der Waals surface area contributed by atoms with E-state index in [1.54, 1.807) is 95.9 Å². The van der Waals surface area contributed by atoms with Crippen molar-refractivity contribution in [1.29, 1.82) is 0 Å². The van der Waals surface area contributed by atoms with E-state index in [4.69, 9.17) is 23.5 Å². The molecular formula is C83H72BBrF6N12O15S5. The van der Waals surface area contributed by atoms with Gasteiger partial charge in [-0.15, -0.1) is 37.7 Å². The van der Waals surface area contributed by atoms with E-state index in [-0.39, 0.29) is 73.9 Å². The molecule has 123 heavy (non-hydrogen) atoms. The van der Waals surface area contributed by atoms with Crippen molar-refractivity contribution < 1.29 is 95.1 Å². The third-order valence-electron chi connectivity index (χ3n) is 21.4. The summed E-state index contributed by atoms with van der Waals surface area (Å²) in [5.41, 5.74) is 7.50. The number of hydrogen-bond donors (Lipinski definition) is 1. The van der Waals surface area contributed by atoms with Crippen LogP contribution in [0.15, 0.2) is 191 Å². The number of benzene rings is 5. The van der Waals surface area contributed by atoms with E-state index in [0.29, 0.717) is 69.6 Å². The fourth-order valence-corrected chi connectivity index (χ4v) is 20.1. The van der Waals surface area contributed by atoms with Crippen LogP contribution in [0.25, 0.3) is 87.4 Å². The lowest BCUT2D eigenvalue weighted by molar-refractivity contribution is -0.287. The van der Waals surface area contributed by atoms with E-state index in [9.17, 15) is 43.2 Å². The predicted octanol–water partition coefficient (Wildman–Crippen LogP) is 16.7. The molecule has 4 saturated heterocycles. The van der Waals surface area contributed by atoms with E-state index in [2.05, 4.69) is 122 Å². The van der Waals surface area contributed by atoms with Crippen LogP contribution in [0.4, 0.5) is 41.7 Å². The largest absolute Gasteiger partial charge is 0.586 e. The van der Waals surface area contributed by atoms with Gasteiger partial charge in [-0.25, -0.2) is 54.7 Å². The summed E-state index contributed by atoms with van der Waals surface area (Å²) in [6.07, 6.45) is 3.94. The van der Waals surface area contributed by atoms with Gasteiger partial charge in [-0.05, 0) is 153 Å². The maximum Gasteiger partial charge on any atom is 0.586 e. The van der Waals surface area contributed by atoms with Crippen LogP contribution < -0.4 is 47.9 Å². The average Bonchev–Trinajstić information content (AvgIpc) is 1.59. The Bertz CT molecular complexity index is 6600. The van der Waals surface area contributed by atoms with Gasteiger partial charge in [0.25, 0.3) is 20.0 Å². The standard InChI is InChI=1S/C28H22F2N4O5S2.C21H13BrF2N2O4S.C21H16F2N4O3S.C13H21BN2O3S/c1-17-2-5-20(6-3-17)41(35,36)34-16-22(18-4-7-23-24(13-18)39-28(29,30)38-23)21-12-19(14-31-26(21)34)25-15-32-27(40-25)33-8-10-37-11-9-33;1-12-2-5-15(6-3-12)31(27,28)26-11-17(16-9-14(22)10-25-20(16)26)13-4-7-18-19(8-13)30-21(23,24)29-18;22-21(23)29-16-2-1-12(8-17(16)30-21)15-10-25-19-14(15)7-13(9-24-19)18-11-26-20(31-18)27-3-5-28-6-4-27;1-12(2)13(3,4)19-14(18-12)10-9-15-11(20-10)16-5-7-17-8-6-16/h2-7,12-16H,8-11H2,1H3;2-11H,1H3;1-2,7-11H,3-6H2,(H,24,25);9H,5-8H2,1-4H3. The van der Waals surface area contributed by atoms with E-state index in [1.165, 1.54) is 84.5 Å². The number of pyridine rings is 3. The van der Waals surface area contributed by atoms with Crippen molar-refractivity contribution in [2.24, 2.45) is 0 Å². The second-order valence-electron chi connectivity index (χ2n) is 30.2. The highest BCUT2D eigenvalue weighted by molar-refractivity contribution is 9.10. The number of anilines is 3. The summed E-state index contributed by atoms with van der Waals surface area (Å²) in [6.45, 7) is 21.2. The number of H-pyrrole nitrogens is 1. The molecule has 0 amide bonds. The first-order valence-electron chi connectivity index (χ1n) is 38.5. The number of rotatable bonds is 13.